The van der Waals surface area contributed by atoms with Gasteiger partial charge in [-0.25, -0.2) is 9.97 Å². The summed E-state index contributed by atoms with van der Waals surface area (Å²) < 4.78 is 0. The summed E-state index contributed by atoms with van der Waals surface area (Å²) >= 11 is 0. The molecule has 1 aliphatic rings. The second-order valence-electron chi connectivity index (χ2n) is 5.47. The lowest BCUT2D eigenvalue weighted by molar-refractivity contribution is 0.770. The van der Waals surface area contributed by atoms with E-state index in [1.165, 1.54) is 12.8 Å². The molecule has 0 unspecified atom stereocenters. The van der Waals surface area contributed by atoms with Crippen LogP contribution in [-0.4, -0.2) is 16.0 Å². The van der Waals surface area contributed by atoms with Crippen LogP contribution in [0.5, 0.6) is 0 Å². The normalized spacial score (nSPS) is 14.3. The molecule has 1 heterocycles. The quantitative estimate of drug-likeness (QED) is 0.866. The summed E-state index contributed by atoms with van der Waals surface area (Å²) in [5.41, 5.74) is 9.09. The first-order chi connectivity index (χ1) is 9.63. The zero-order valence-corrected chi connectivity index (χ0v) is 12.0. The molecule has 3 rings (SSSR count). The van der Waals surface area contributed by atoms with E-state index in [0.717, 1.165) is 35.1 Å². The summed E-state index contributed by atoms with van der Waals surface area (Å²) in [6.45, 7) is 4.77. The van der Waals surface area contributed by atoms with Crippen molar-refractivity contribution in [3.8, 4) is 0 Å². The third kappa shape index (κ3) is 2.74. The number of para-hydroxylation sites is 1. The molecule has 0 bridgehead atoms. The van der Waals surface area contributed by atoms with Crippen molar-refractivity contribution in [2.24, 2.45) is 0 Å². The van der Waals surface area contributed by atoms with E-state index in [0.29, 0.717) is 6.04 Å². The lowest BCUT2D eigenvalue weighted by Crippen LogP contribution is -2.27. The molecule has 0 radical (unpaired) electrons. The van der Waals surface area contributed by atoms with Crippen molar-refractivity contribution in [1.82, 2.24) is 9.97 Å². The minimum atomic E-state index is 0.586. The zero-order valence-electron chi connectivity index (χ0n) is 12.0. The Balaban J connectivity index is 1.91. The van der Waals surface area contributed by atoms with Crippen molar-refractivity contribution in [3.05, 3.63) is 47.4 Å². The van der Waals surface area contributed by atoms with Gasteiger partial charge in [0, 0.05) is 30.0 Å². The molecule has 0 saturated heterocycles. The van der Waals surface area contributed by atoms with Gasteiger partial charge in [0.15, 0.2) is 0 Å². The minimum absolute atomic E-state index is 0.586. The molecule has 0 aliphatic heterocycles. The van der Waals surface area contributed by atoms with Crippen LogP contribution in [0.25, 0.3) is 0 Å². The average molecular weight is 268 g/mol. The number of anilines is 2. The second-order valence-corrected chi connectivity index (χ2v) is 5.47. The standard InChI is InChI=1S/C16H20N4/c1-11-9-16(19-12(2)18-11)20(14-7-8-14)10-13-5-3-4-6-15(13)17/h3-6,9,14H,7-8,10,17H2,1-2H3. The van der Waals surface area contributed by atoms with Crippen LogP contribution in [0.2, 0.25) is 0 Å². The summed E-state index contributed by atoms with van der Waals surface area (Å²) in [5.74, 6) is 1.84. The molecule has 20 heavy (non-hydrogen) atoms. The highest BCUT2D eigenvalue weighted by atomic mass is 15.2. The Kier molecular flexibility index (Phi) is 3.30. The Hall–Kier alpha value is -2.10. The number of hydrogen-bond donors (Lipinski definition) is 1. The third-order valence-electron chi connectivity index (χ3n) is 3.63. The van der Waals surface area contributed by atoms with Gasteiger partial charge in [0.25, 0.3) is 0 Å². The minimum Gasteiger partial charge on any atom is -0.398 e. The highest BCUT2D eigenvalue weighted by molar-refractivity contribution is 5.51. The lowest BCUT2D eigenvalue weighted by Gasteiger charge is -2.24. The van der Waals surface area contributed by atoms with E-state index < -0.39 is 0 Å². The van der Waals surface area contributed by atoms with Gasteiger partial charge in [0.2, 0.25) is 0 Å². The molecule has 4 nitrogen and oxygen atoms in total. The molecule has 0 amide bonds. The summed E-state index contributed by atoms with van der Waals surface area (Å²) in [6.07, 6.45) is 2.46. The average Bonchev–Trinajstić information content (AvgIpc) is 3.21. The van der Waals surface area contributed by atoms with Gasteiger partial charge in [-0.3, -0.25) is 0 Å². The molecule has 1 fully saturated rings. The molecule has 0 spiro atoms. The SMILES string of the molecule is Cc1cc(N(Cc2ccccc2N)C2CC2)nc(C)n1. The van der Waals surface area contributed by atoms with Crippen LogP contribution in [0.1, 0.15) is 29.9 Å². The first kappa shape index (κ1) is 12.9. The van der Waals surface area contributed by atoms with Gasteiger partial charge in [-0.2, -0.15) is 0 Å². The van der Waals surface area contributed by atoms with Crippen molar-refractivity contribution in [1.29, 1.82) is 0 Å². The monoisotopic (exact) mass is 268 g/mol. The van der Waals surface area contributed by atoms with Crippen LogP contribution < -0.4 is 10.6 Å². The van der Waals surface area contributed by atoms with Crippen molar-refractivity contribution in [3.63, 3.8) is 0 Å². The van der Waals surface area contributed by atoms with Crippen molar-refractivity contribution < 1.29 is 0 Å². The van der Waals surface area contributed by atoms with E-state index in [1.807, 2.05) is 32.0 Å². The highest BCUT2D eigenvalue weighted by Gasteiger charge is 2.30. The zero-order chi connectivity index (χ0) is 14.1. The first-order valence-corrected chi connectivity index (χ1v) is 7.06. The molecule has 2 aromatic rings. The number of hydrogen-bond acceptors (Lipinski definition) is 4. The molecule has 1 aliphatic carbocycles. The lowest BCUT2D eigenvalue weighted by atomic mass is 10.1. The summed E-state index contributed by atoms with van der Waals surface area (Å²) in [7, 11) is 0. The predicted molar refractivity (Wildman–Crippen MR) is 81.6 cm³/mol. The number of nitrogens with two attached hydrogens (primary N) is 1. The van der Waals surface area contributed by atoms with Crippen LogP contribution in [0.4, 0.5) is 11.5 Å². The molecule has 2 N–H and O–H groups in total. The van der Waals surface area contributed by atoms with Crippen LogP contribution in [0, 0.1) is 13.8 Å². The van der Waals surface area contributed by atoms with Gasteiger partial charge in [-0.15, -0.1) is 0 Å². The maximum atomic E-state index is 6.07. The maximum absolute atomic E-state index is 6.07. The Morgan fingerprint density at radius 2 is 1.95 bits per heavy atom. The van der Waals surface area contributed by atoms with E-state index in [9.17, 15) is 0 Å². The van der Waals surface area contributed by atoms with Gasteiger partial charge in [-0.05, 0) is 38.3 Å². The highest BCUT2D eigenvalue weighted by Crippen LogP contribution is 2.33. The fourth-order valence-electron chi connectivity index (χ4n) is 2.49. The molecule has 104 valence electrons. The fourth-order valence-corrected chi connectivity index (χ4v) is 2.49. The first-order valence-electron chi connectivity index (χ1n) is 7.06. The molecular weight excluding hydrogens is 248 g/mol. The Morgan fingerprint density at radius 3 is 2.60 bits per heavy atom. The van der Waals surface area contributed by atoms with E-state index in [4.69, 9.17) is 5.73 Å². The number of rotatable bonds is 4. The number of nitrogen functional groups attached to an aromatic ring is 1. The Morgan fingerprint density at radius 1 is 1.20 bits per heavy atom. The van der Waals surface area contributed by atoms with Crippen LogP contribution >= 0.6 is 0 Å². The summed E-state index contributed by atoms with van der Waals surface area (Å²) in [5, 5.41) is 0. The molecule has 1 aromatic carbocycles. The van der Waals surface area contributed by atoms with E-state index in [1.54, 1.807) is 0 Å². The smallest absolute Gasteiger partial charge is 0.133 e. The third-order valence-corrected chi connectivity index (χ3v) is 3.63. The summed E-state index contributed by atoms with van der Waals surface area (Å²) in [6, 6.07) is 10.7. The molecular formula is C16H20N4. The molecule has 4 heteroatoms. The predicted octanol–water partition coefficient (Wildman–Crippen LogP) is 2.84. The Labute approximate surface area is 119 Å². The summed E-state index contributed by atoms with van der Waals surface area (Å²) in [4.78, 5) is 11.3. The Bertz CT molecular complexity index is 599. The van der Waals surface area contributed by atoms with Gasteiger partial charge < -0.3 is 10.6 Å². The maximum Gasteiger partial charge on any atom is 0.133 e. The van der Waals surface area contributed by atoms with E-state index >= 15 is 0 Å². The van der Waals surface area contributed by atoms with Crippen LogP contribution in [-0.2, 0) is 6.54 Å². The largest absolute Gasteiger partial charge is 0.398 e. The number of aromatic nitrogens is 2. The van der Waals surface area contributed by atoms with Crippen molar-refractivity contribution in [2.45, 2.75) is 39.3 Å². The second kappa shape index (κ2) is 5.12. The van der Waals surface area contributed by atoms with Gasteiger partial charge >= 0.3 is 0 Å². The number of benzene rings is 1. The van der Waals surface area contributed by atoms with Crippen molar-refractivity contribution >= 4 is 11.5 Å². The van der Waals surface area contributed by atoms with E-state index in [2.05, 4.69) is 27.0 Å². The van der Waals surface area contributed by atoms with E-state index in [-0.39, 0.29) is 0 Å². The number of aryl methyl sites for hydroxylation is 2. The fraction of sp³-hybridized carbons (Fsp3) is 0.375. The van der Waals surface area contributed by atoms with Gasteiger partial charge in [-0.1, -0.05) is 18.2 Å². The molecule has 0 atom stereocenters. The molecule has 1 aromatic heterocycles. The molecule has 1 saturated carbocycles. The topological polar surface area (TPSA) is 55.0 Å². The van der Waals surface area contributed by atoms with Gasteiger partial charge in [0.1, 0.15) is 11.6 Å². The number of nitrogens with zero attached hydrogens (tertiary/aromatic N) is 3. The van der Waals surface area contributed by atoms with Crippen LogP contribution in [0.3, 0.4) is 0 Å². The van der Waals surface area contributed by atoms with Gasteiger partial charge in [0.05, 0.1) is 0 Å². The van der Waals surface area contributed by atoms with Crippen LogP contribution in [0.15, 0.2) is 30.3 Å². The van der Waals surface area contributed by atoms with Crippen molar-refractivity contribution in [2.75, 3.05) is 10.6 Å².